The monoisotopic (exact) mass is 749 g/mol. The summed E-state index contributed by atoms with van der Waals surface area (Å²) in [6.45, 7) is 4.26. The average molecular weight is 751 g/mol. The highest BCUT2D eigenvalue weighted by Crippen LogP contribution is 2.59. The molecule has 2 fully saturated rings. The van der Waals surface area contributed by atoms with Gasteiger partial charge in [-0.2, -0.15) is 0 Å². The van der Waals surface area contributed by atoms with Crippen LogP contribution < -0.4 is 10.2 Å². The highest BCUT2D eigenvalue weighted by atomic mass is 79.9. The third-order valence-corrected chi connectivity index (χ3v) is 10.8. The number of methoxy groups -OCH3 is 1. The molecule has 2 aromatic rings. The van der Waals surface area contributed by atoms with Crippen molar-refractivity contribution in [3.63, 3.8) is 0 Å². The summed E-state index contributed by atoms with van der Waals surface area (Å²) in [5, 5.41) is 12.6. The van der Waals surface area contributed by atoms with E-state index in [0.29, 0.717) is 35.0 Å². The molecule has 0 radical (unpaired) electrons. The topological polar surface area (TPSA) is 135 Å². The van der Waals surface area contributed by atoms with Gasteiger partial charge >= 0.3 is 5.97 Å². The Balaban J connectivity index is 1.48. The highest BCUT2D eigenvalue weighted by Gasteiger charge is 2.75. The van der Waals surface area contributed by atoms with Crippen LogP contribution >= 0.6 is 15.9 Å². The van der Waals surface area contributed by atoms with E-state index in [1.165, 1.54) is 12.0 Å². The summed E-state index contributed by atoms with van der Waals surface area (Å²) in [5.74, 6) is -3.76. The second kappa shape index (κ2) is 15.2. The van der Waals surface area contributed by atoms with Crippen molar-refractivity contribution in [1.82, 2.24) is 10.2 Å². The van der Waals surface area contributed by atoms with Gasteiger partial charge in [0.2, 0.25) is 11.8 Å². The molecule has 5 bridgehead atoms. The summed E-state index contributed by atoms with van der Waals surface area (Å²) in [6.07, 6.45) is 5.18. The summed E-state index contributed by atoms with van der Waals surface area (Å²) >= 11 is 3.62. The van der Waals surface area contributed by atoms with Crippen molar-refractivity contribution in [3.8, 4) is 0 Å². The summed E-state index contributed by atoms with van der Waals surface area (Å²) in [5.41, 5.74) is 1.73. The molecule has 4 aliphatic heterocycles. The number of anilines is 1. The Kier molecular flexibility index (Phi) is 10.9. The number of hydrogen-bond acceptors (Lipinski definition) is 8. The molecule has 6 rings (SSSR count). The zero-order chi connectivity index (χ0) is 35.6. The number of amides is 3. The molecule has 2 aromatic carbocycles. The number of nitrogens with one attached hydrogen (secondary N) is 1. The highest BCUT2D eigenvalue weighted by molar-refractivity contribution is 9.11. The van der Waals surface area contributed by atoms with Crippen molar-refractivity contribution in [2.75, 3.05) is 38.3 Å². The van der Waals surface area contributed by atoms with Crippen molar-refractivity contribution in [2.24, 2.45) is 11.8 Å². The van der Waals surface area contributed by atoms with Crippen molar-refractivity contribution in [3.05, 3.63) is 87.9 Å². The van der Waals surface area contributed by atoms with Crippen LogP contribution in [0.15, 0.2) is 71.2 Å². The maximum absolute atomic E-state index is 15.1. The van der Waals surface area contributed by atoms with Gasteiger partial charge < -0.3 is 34.4 Å². The lowest BCUT2D eigenvalue weighted by Gasteiger charge is -2.36. The number of aliphatic hydroxyl groups is 1. The molecule has 266 valence electrons. The lowest BCUT2D eigenvalue weighted by Crippen LogP contribution is -2.56. The van der Waals surface area contributed by atoms with Crippen molar-refractivity contribution in [1.29, 1.82) is 0 Å². The number of halogens is 1. The average Bonchev–Trinajstić information content (AvgIpc) is 3.69. The number of likely N-dealkylation sites (tertiary alicyclic amines) is 1. The number of ether oxygens (including phenoxy) is 3. The minimum Gasteiger partial charge on any atom is -0.455 e. The van der Waals surface area contributed by atoms with Crippen LogP contribution in [0.2, 0.25) is 0 Å². The number of rotatable bonds is 8. The van der Waals surface area contributed by atoms with Gasteiger partial charge in [0.1, 0.15) is 29.8 Å². The standard InChI is InChI=1S/C38H44BrN3O8/c1-23-15-16-24(2)28(20-23)41-17-9-5-8-14-29(44)40-27(22-48-3)32(25-12-6-4-7-13-25)49-37(47)30-31-35(45)42(18-10-11-19-43)34(36(41)46)38(31)21-26(39)33(30)50-38/h4-7,9,12-13,15-16,20-21,27,30-34,43H,8,10-11,14,17-19,22H2,1-3H3,(H,40,44)/b9-5-/t27-,30+,31-,32-,33+,34+,38-/m1/s1. The van der Waals surface area contributed by atoms with E-state index in [0.717, 1.165) is 11.1 Å². The molecule has 3 amide bonds. The number of allylic oxidation sites excluding steroid dienone is 1. The van der Waals surface area contributed by atoms with E-state index in [2.05, 4.69) is 21.2 Å². The molecule has 11 nitrogen and oxygen atoms in total. The molecule has 0 aromatic heterocycles. The van der Waals surface area contributed by atoms with E-state index in [-0.39, 0.29) is 50.4 Å². The number of aryl methyl sites for hydroxylation is 2. The van der Waals surface area contributed by atoms with Crippen LogP contribution in [0.3, 0.4) is 0 Å². The molecule has 1 spiro atoms. The molecule has 0 unspecified atom stereocenters. The number of unbranched alkanes of at least 4 members (excludes halogenated alkanes) is 1. The van der Waals surface area contributed by atoms with Crippen LogP contribution in [0.5, 0.6) is 0 Å². The molecular weight excluding hydrogens is 706 g/mol. The third-order valence-electron chi connectivity index (χ3n) is 10.1. The lowest BCUT2D eigenvalue weighted by molar-refractivity contribution is -0.162. The molecule has 50 heavy (non-hydrogen) atoms. The molecule has 7 atom stereocenters. The zero-order valence-corrected chi connectivity index (χ0v) is 30.1. The summed E-state index contributed by atoms with van der Waals surface area (Å²) < 4.78 is 19.0. The van der Waals surface area contributed by atoms with E-state index in [9.17, 15) is 19.5 Å². The number of esters is 1. The Morgan fingerprint density at radius 2 is 1.80 bits per heavy atom. The van der Waals surface area contributed by atoms with Gasteiger partial charge in [0.25, 0.3) is 5.91 Å². The van der Waals surface area contributed by atoms with Gasteiger partial charge in [0, 0.05) is 43.4 Å². The molecule has 4 heterocycles. The van der Waals surface area contributed by atoms with Gasteiger partial charge in [-0.3, -0.25) is 19.2 Å². The minimum atomic E-state index is -1.45. The summed E-state index contributed by atoms with van der Waals surface area (Å²) in [6, 6.07) is 13.2. The van der Waals surface area contributed by atoms with Gasteiger partial charge in [0.05, 0.1) is 18.6 Å². The molecule has 0 aliphatic carbocycles. The molecule has 2 N–H and O–H groups in total. The maximum atomic E-state index is 15.1. The summed E-state index contributed by atoms with van der Waals surface area (Å²) in [4.78, 5) is 60.7. The second-order valence-corrected chi connectivity index (χ2v) is 14.4. The predicted molar refractivity (Wildman–Crippen MR) is 189 cm³/mol. The first-order valence-corrected chi connectivity index (χ1v) is 17.9. The first-order chi connectivity index (χ1) is 24.1. The molecule has 12 heteroatoms. The number of carbonyl (C=O) groups excluding carboxylic acids is 4. The fraction of sp³-hybridized carbons (Fsp3) is 0.474. The van der Waals surface area contributed by atoms with Crippen LogP contribution in [0.4, 0.5) is 5.69 Å². The zero-order valence-electron chi connectivity index (χ0n) is 28.5. The third kappa shape index (κ3) is 6.66. The Hall–Kier alpha value is -3.84. The van der Waals surface area contributed by atoms with Gasteiger partial charge in [0.15, 0.2) is 0 Å². The largest absolute Gasteiger partial charge is 0.455 e. The Morgan fingerprint density at radius 1 is 1.02 bits per heavy atom. The van der Waals surface area contributed by atoms with Gasteiger partial charge in [-0.15, -0.1) is 0 Å². The van der Waals surface area contributed by atoms with Gasteiger partial charge in [-0.1, -0.05) is 70.5 Å². The van der Waals surface area contributed by atoms with Gasteiger partial charge in [-0.05, 0) is 61.9 Å². The van der Waals surface area contributed by atoms with Crippen LogP contribution in [0.25, 0.3) is 0 Å². The SMILES string of the molecule is COC[C@H]1NC(=O)CC/C=C\CN(c2cc(C)ccc2C)C(=O)[C@@H]2N(CCCCO)C(=O)[C@H]3[C@H](C(=O)O[C@@H]1c1ccccc1)[C@H]1O[C@@]23C=C1Br. The Bertz CT molecular complexity index is 1680. The number of hydrogen-bond donors (Lipinski definition) is 2. The quantitative estimate of drug-likeness (QED) is 0.235. The molecule has 4 aliphatic rings. The maximum Gasteiger partial charge on any atom is 0.313 e. The molecular formula is C38H44BrN3O8. The Labute approximate surface area is 300 Å². The number of cyclic esters (lactones) is 1. The second-order valence-electron chi connectivity index (χ2n) is 13.4. The van der Waals surface area contributed by atoms with Crippen molar-refractivity contribution < 1.29 is 38.5 Å². The van der Waals surface area contributed by atoms with Crippen LogP contribution in [0, 0.1) is 25.7 Å². The minimum absolute atomic E-state index is 0.0619. The molecule has 0 saturated carbocycles. The van der Waals surface area contributed by atoms with Crippen LogP contribution in [-0.2, 0) is 33.4 Å². The number of aliphatic hydroxyl groups excluding tert-OH is 1. The number of benzene rings is 2. The fourth-order valence-corrected chi connectivity index (χ4v) is 8.51. The lowest BCUT2D eigenvalue weighted by atomic mass is 9.74. The fourth-order valence-electron chi connectivity index (χ4n) is 7.77. The molecule has 2 saturated heterocycles. The van der Waals surface area contributed by atoms with E-state index in [1.807, 2.05) is 74.5 Å². The summed E-state index contributed by atoms with van der Waals surface area (Å²) in [7, 11) is 1.51. The van der Waals surface area contributed by atoms with Crippen molar-refractivity contribution >= 4 is 45.3 Å². The van der Waals surface area contributed by atoms with Crippen LogP contribution in [0.1, 0.15) is 48.5 Å². The van der Waals surface area contributed by atoms with E-state index in [1.54, 1.807) is 11.0 Å². The number of nitrogens with zero attached hydrogens (tertiary/aromatic N) is 2. The van der Waals surface area contributed by atoms with E-state index in [4.69, 9.17) is 14.2 Å². The van der Waals surface area contributed by atoms with Crippen LogP contribution in [-0.4, -0.2) is 90.9 Å². The van der Waals surface area contributed by atoms with Crippen molar-refractivity contribution in [2.45, 2.75) is 69.4 Å². The van der Waals surface area contributed by atoms with Gasteiger partial charge in [-0.25, -0.2) is 0 Å². The first kappa shape index (κ1) is 36.0. The predicted octanol–water partition coefficient (Wildman–Crippen LogP) is 4.05. The van der Waals surface area contributed by atoms with E-state index < -0.39 is 47.7 Å². The first-order valence-electron chi connectivity index (χ1n) is 17.2. The smallest absolute Gasteiger partial charge is 0.313 e. The normalized spacial score (nSPS) is 30.6. The Morgan fingerprint density at radius 3 is 2.54 bits per heavy atom. The number of carbonyl (C=O) groups is 4. The number of fused-ring (bicyclic) bond motifs is 2. The van der Waals surface area contributed by atoms with E-state index >= 15 is 4.79 Å².